The zero-order valence-electron chi connectivity index (χ0n) is 27.6. The highest BCUT2D eigenvalue weighted by Crippen LogP contribution is 2.82. The first kappa shape index (κ1) is 31.9. The Balaban J connectivity index is 1.33. The van der Waals surface area contributed by atoms with Gasteiger partial charge in [0, 0.05) is 22.3 Å². The molecule has 7 heteroatoms. The number of ether oxygens (including phenoxy) is 1. The van der Waals surface area contributed by atoms with Gasteiger partial charge in [0.2, 0.25) is 0 Å². The summed E-state index contributed by atoms with van der Waals surface area (Å²) in [5.74, 6) is 3.17. The van der Waals surface area contributed by atoms with Crippen molar-refractivity contribution in [1.82, 2.24) is 0 Å². The monoisotopic (exact) mass is 630 g/mol. The summed E-state index contributed by atoms with van der Waals surface area (Å²) in [5, 5.41) is 0. The van der Waals surface area contributed by atoms with E-state index in [-0.39, 0.29) is 23.2 Å². The lowest BCUT2D eigenvalue weighted by Crippen LogP contribution is -2.57. The fourth-order valence-corrected chi connectivity index (χ4v) is 13.9. The van der Waals surface area contributed by atoms with E-state index in [1.807, 2.05) is 44.4 Å². The van der Waals surface area contributed by atoms with Gasteiger partial charge in [-0.3, -0.25) is 4.18 Å². The lowest BCUT2D eigenvalue weighted by Gasteiger charge is -2.61. The van der Waals surface area contributed by atoms with Crippen molar-refractivity contribution in [2.75, 3.05) is 13.4 Å². The summed E-state index contributed by atoms with van der Waals surface area (Å²) in [4.78, 5) is 1.28. The molecular weight excluding hydrogens is 577 g/mol. The molecule has 0 amide bonds. The van der Waals surface area contributed by atoms with Crippen molar-refractivity contribution in [1.29, 1.82) is 0 Å². The van der Waals surface area contributed by atoms with Gasteiger partial charge in [-0.25, -0.2) is 4.21 Å². The van der Waals surface area contributed by atoms with E-state index in [9.17, 15) is 12.6 Å². The normalized spacial score (nSPS) is 42.5. The molecule has 1 spiro atoms. The molecule has 0 N–H and O–H groups in total. The Morgan fingerprint density at radius 2 is 1.72 bits per heavy atom. The lowest BCUT2D eigenvalue weighted by atomic mass is 9.45. The largest absolute Gasteiger partial charge is 0.381 e. The highest BCUT2D eigenvalue weighted by atomic mass is 32.2. The Morgan fingerprint density at radius 3 is 2.33 bits per heavy atom. The maximum atomic E-state index is 14.2. The molecule has 5 aliphatic carbocycles. The number of hydrogen-bond acceptors (Lipinski definition) is 5. The fraction of sp³-hybridized carbons (Fsp3) is 0.778. The van der Waals surface area contributed by atoms with Gasteiger partial charge >= 0.3 is 0 Å². The van der Waals surface area contributed by atoms with Crippen LogP contribution in [0.15, 0.2) is 40.1 Å². The molecule has 43 heavy (non-hydrogen) atoms. The van der Waals surface area contributed by atoms with Gasteiger partial charge in [-0.1, -0.05) is 58.4 Å². The Morgan fingerprint density at radius 1 is 1.02 bits per heavy atom. The van der Waals surface area contributed by atoms with E-state index in [1.165, 1.54) is 44.9 Å². The van der Waals surface area contributed by atoms with E-state index in [0.717, 1.165) is 30.1 Å². The SMILES string of the molecule is CO[C@@H]1C[C@H]2[C@@H]3CC[C@H]([C@H](C)[C@@H](OS(C)(=O)=O)/C(=C\C(C)C)[S@@](=O)c4ccc(C)cc4)[C@@]3(C)CC[C@@H]2[C@@]2(C)CC[C@@H]3C[C@]312. The van der Waals surface area contributed by atoms with Crippen LogP contribution >= 0.6 is 0 Å². The van der Waals surface area contributed by atoms with Gasteiger partial charge < -0.3 is 4.74 Å². The smallest absolute Gasteiger partial charge is 0.265 e. The second-order valence-corrected chi connectivity index (χ2v) is 19.0. The molecule has 240 valence electrons. The number of rotatable bonds is 9. The van der Waals surface area contributed by atoms with Gasteiger partial charge in [-0.05, 0) is 123 Å². The number of methoxy groups -OCH3 is 1. The van der Waals surface area contributed by atoms with Crippen LogP contribution in [0.1, 0.15) is 91.5 Å². The molecule has 0 saturated heterocycles. The van der Waals surface area contributed by atoms with Crippen LogP contribution in [0.3, 0.4) is 0 Å². The summed E-state index contributed by atoms with van der Waals surface area (Å²) in [6.45, 7) is 13.4. The number of benzene rings is 1. The molecule has 0 heterocycles. The van der Waals surface area contributed by atoms with Crippen molar-refractivity contribution < 1.29 is 21.5 Å². The molecule has 12 atom stereocenters. The quantitative estimate of drug-likeness (QED) is 0.260. The molecule has 1 aromatic rings. The van der Waals surface area contributed by atoms with Gasteiger partial charge in [-0.2, -0.15) is 8.42 Å². The first-order valence-corrected chi connectivity index (χ1v) is 19.7. The third-order valence-electron chi connectivity index (χ3n) is 13.5. The second-order valence-electron chi connectivity index (χ2n) is 15.9. The van der Waals surface area contributed by atoms with Crippen LogP contribution in [0.4, 0.5) is 0 Å². The third-order valence-corrected chi connectivity index (χ3v) is 15.6. The Bertz CT molecular complexity index is 1380. The van der Waals surface area contributed by atoms with Gasteiger partial charge in [0.15, 0.2) is 0 Å². The molecule has 0 radical (unpaired) electrons. The average Bonchev–Trinajstić information content (AvgIpc) is 3.45. The summed E-state index contributed by atoms with van der Waals surface area (Å²) in [6.07, 6.45) is 12.6. The molecule has 0 aromatic heterocycles. The summed E-state index contributed by atoms with van der Waals surface area (Å²) >= 11 is 0. The summed E-state index contributed by atoms with van der Waals surface area (Å²) in [7, 11) is -3.37. The Hall–Kier alpha value is -1.02. The van der Waals surface area contributed by atoms with Gasteiger partial charge in [0.05, 0.1) is 23.2 Å². The molecule has 0 unspecified atom stereocenters. The van der Waals surface area contributed by atoms with Crippen LogP contribution in [-0.4, -0.2) is 38.2 Å². The second kappa shape index (κ2) is 11.1. The summed E-state index contributed by atoms with van der Waals surface area (Å²) in [6, 6.07) is 7.72. The Kier molecular flexibility index (Phi) is 8.21. The minimum absolute atomic E-state index is 0.0920. The van der Waals surface area contributed by atoms with E-state index in [4.69, 9.17) is 8.92 Å². The standard InChI is InChI=1S/C36H54O5S2/c1-22(2)19-31(42(37)26-11-9-23(3)10-12-26)33(41-43(8,38)39)24(4)28-13-14-29-27-20-32(40-7)36-21-25(36)15-18-35(36,6)30(27)16-17-34(28,29)5/h9-12,19,22,24-25,27-30,32-33H,13-18,20-21H2,1-8H3/b31-19+/t24-,25+,27-,28+,29-,30-,32+,33+,34+,35+,36-,42-/m0/s1. The molecule has 0 aliphatic heterocycles. The van der Waals surface area contributed by atoms with Crippen molar-refractivity contribution in [3.63, 3.8) is 0 Å². The molecule has 6 rings (SSSR count). The fourth-order valence-electron chi connectivity index (χ4n) is 11.7. The zero-order valence-corrected chi connectivity index (χ0v) is 29.2. The number of aryl methyl sites for hydroxylation is 1. The van der Waals surface area contributed by atoms with E-state index in [1.54, 1.807) is 0 Å². The summed E-state index contributed by atoms with van der Waals surface area (Å²) < 4.78 is 52.1. The van der Waals surface area contributed by atoms with Crippen molar-refractivity contribution in [3.05, 3.63) is 40.8 Å². The molecule has 1 aromatic carbocycles. The maximum Gasteiger partial charge on any atom is 0.265 e. The summed E-state index contributed by atoms with van der Waals surface area (Å²) in [5.41, 5.74) is 1.98. The predicted octanol–water partition coefficient (Wildman–Crippen LogP) is 7.91. The molecule has 0 bridgehead atoms. The zero-order chi connectivity index (χ0) is 31.1. The Labute approximate surface area is 263 Å². The molecular formula is C36H54O5S2. The van der Waals surface area contributed by atoms with Crippen molar-refractivity contribution in [2.45, 2.75) is 110 Å². The highest BCUT2D eigenvalue weighted by molar-refractivity contribution is 7.89. The van der Waals surface area contributed by atoms with Crippen molar-refractivity contribution in [3.8, 4) is 0 Å². The number of hydrogen-bond donors (Lipinski definition) is 0. The first-order chi connectivity index (χ1) is 20.2. The maximum absolute atomic E-state index is 14.2. The van der Waals surface area contributed by atoms with Crippen molar-refractivity contribution in [2.24, 2.45) is 57.7 Å². The van der Waals surface area contributed by atoms with Crippen LogP contribution in [-0.2, 0) is 29.8 Å². The first-order valence-electron chi connectivity index (χ1n) is 16.8. The van der Waals surface area contributed by atoms with Gasteiger partial charge in [-0.15, -0.1) is 0 Å². The predicted molar refractivity (Wildman–Crippen MR) is 173 cm³/mol. The average molecular weight is 631 g/mol. The van der Waals surface area contributed by atoms with Crippen LogP contribution in [0.2, 0.25) is 0 Å². The highest BCUT2D eigenvalue weighted by Gasteiger charge is 2.77. The number of fused-ring (bicyclic) bond motifs is 4. The molecule has 5 fully saturated rings. The lowest BCUT2D eigenvalue weighted by molar-refractivity contribution is -0.162. The van der Waals surface area contributed by atoms with Gasteiger partial charge in [0.25, 0.3) is 10.1 Å². The van der Waals surface area contributed by atoms with E-state index in [0.29, 0.717) is 38.6 Å². The van der Waals surface area contributed by atoms with Crippen LogP contribution < -0.4 is 0 Å². The molecule has 5 nitrogen and oxygen atoms in total. The third kappa shape index (κ3) is 5.06. The topological polar surface area (TPSA) is 69.7 Å². The van der Waals surface area contributed by atoms with Crippen molar-refractivity contribution >= 4 is 20.9 Å². The molecule has 5 saturated carbocycles. The van der Waals surface area contributed by atoms with E-state index >= 15 is 0 Å². The van der Waals surface area contributed by atoms with Crippen LogP contribution in [0.5, 0.6) is 0 Å². The minimum atomic E-state index is -3.79. The van der Waals surface area contributed by atoms with Gasteiger partial charge in [0.1, 0.15) is 6.10 Å². The van der Waals surface area contributed by atoms with E-state index in [2.05, 4.69) is 34.6 Å². The van der Waals surface area contributed by atoms with Crippen LogP contribution in [0.25, 0.3) is 0 Å². The van der Waals surface area contributed by atoms with E-state index < -0.39 is 27.0 Å². The molecule has 5 aliphatic rings. The minimum Gasteiger partial charge on any atom is -0.381 e. The number of allylic oxidation sites excluding steroid dienone is 1. The van der Waals surface area contributed by atoms with Crippen LogP contribution in [0, 0.1) is 64.6 Å².